The fourth-order valence-corrected chi connectivity index (χ4v) is 4.32. The molecule has 0 bridgehead atoms. The second kappa shape index (κ2) is 9.16. The van der Waals surface area contributed by atoms with Crippen molar-refractivity contribution in [3.63, 3.8) is 0 Å². The number of aliphatic carboxylic acids is 1. The molecule has 1 amide bonds. The average Bonchev–Trinajstić information content (AvgIpc) is 3.15. The molecule has 0 spiro atoms. The van der Waals surface area contributed by atoms with Crippen LogP contribution in [0.1, 0.15) is 57.1 Å². The van der Waals surface area contributed by atoms with E-state index in [4.69, 9.17) is 9.47 Å². The number of rotatable bonds is 5. The first-order valence-corrected chi connectivity index (χ1v) is 10.6. The zero-order valence-corrected chi connectivity index (χ0v) is 17.7. The molecule has 6 nitrogen and oxygen atoms in total. The Morgan fingerprint density at radius 2 is 1.97 bits per heavy atom. The number of hydrogen-bond donors (Lipinski definition) is 1. The first-order chi connectivity index (χ1) is 13.7. The van der Waals surface area contributed by atoms with Crippen LogP contribution in [0.4, 0.5) is 4.79 Å². The molecule has 1 aromatic carbocycles. The molecule has 29 heavy (non-hydrogen) atoms. The number of carbonyl (C=O) groups excluding carboxylic acids is 1. The first kappa shape index (κ1) is 21.6. The Morgan fingerprint density at radius 3 is 2.62 bits per heavy atom. The Morgan fingerprint density at radius 1 is 1.24 bits per heavy atom. The van der Waals surface area contributed by atoms with Crippen molar-refractivity contribution in [2.24, 2.45) is 11.8 Å². The van der Waals surface area contributed by atoms with Crippen LogP contribution in [-0.2, 0) is 20.7 Å². The standard InChI is InChI=1S/C23H33NO5/c1-23(2,3)29-22(27)24-10-7-19(15-24)20(21(25)26)14-16-5-4-6-18(13-16)17-8-11-28-12-9-17/h4-6,13,17,19-20H,7-12,14-15H2,1-3H3,(H,25,26)/t19-,20-/m0/s1. The van der Waals surface area contributed by atoms with Gasteiger partial charge in [0.15, 0.2) is 0 Å². The fourth-order valence-electron chi connectivity index (χ4n) is 4.32. The van der Waals surface area contributed by atoms with Gasteiger partial charge >= 0.3 is 12.1 Å². The topological polar surface area (TPSA) is 76.1 Å². The summed E-state index contributed by atoms with van der Waals surface area (Å²) >= 11 is 0. The number of carboxylic acid groups (broad SMARTS) is 1. The minimum atomic E-state index is -0.794. The first-order valence-electron chi connectivity index (χ1n) is 10.6. The number of benzene rings is 1. The number of hydrogen-bond acceptors (Lipinski definition) is 4. The van der Waals surface area contributed by atoms with Crippen molar-refractivity contribution in [3.05, 3.63) is 35.4 Å². The Bertz CT molecular complexity index is 720. The highest BCUT2D eigenvalue weighted by Gasteiger charge is 2.37. The maximum atomic E-state index is 12.3. The summed E-state index contributed by atoms with van der Waals surface area (Å²) < 4.78 is 10.9. The van der Waals surface area contributed by atoms with E-state index in [0.29, 0.717) is 31.8 Å². The Labute approximate surface area is 173 Å². The molecule has 2 fully saturated rings. The Hall–Kier alpha value is -2.08. The molecule has 0 aliphatic carbocycles. The van der Waals surface area contributed by atoms with Gasteiger partial charge in [0.1, 0.15) is 5.60 Å². The summed E-state index contributed by atoms with van der Waals surface area (Å²) in [5, 5.41) is 9.87. The minimum absolute atomic E-state index is 0.0632. The van der Waals surface area contributed by atoms with Gasteiger partial charge in [0.05, 0.1) is 5.92 Å². The van der Waals surface area contributed by atoms with Gasteiger partial charge < -0.3 is 19.5 Å². The van der Waals surface area contributed by atoms with Crippen molar-refractivity contribution in [3.8, 4) is 0 Å². The van der Waals surface area contributed by atoms with Gasteiger partial charge in [-0.3, -0.25) is 4.79 Å². The molecule has 2 aliphatic heterocycles. The molecule has 1 N–H and O–H groups in total. The smallest absolute Gasteiger partial charge is 0.410 e. The van der Waals surface area contributed by atoms with Crippen LogP contribution in [0.5, 0.6) is 0 Å². The summed E-state index contributed by atoms with van der Waals surface area (Å²) in [4.78, 5) is 26.0. The predicted molar refractivity (Wildman–Crippen MR) is 110 cm³/mol. The maximum absolute atomic E-state index is 12.3. The van der Waals surface area contributed by atoms with Gasteiger partial charge in [0.2, 0.25) is 0 Å². The number of carbonyl (C=O) groups is 2. The normalized spacial score (nSPS) is 21.8. The second-order valence-electron chi connectivity index (χ2n) is 9.26. The van der Waals surface area contributed by atoms with E-state index in [1.807, 2.05) is 32.9 Å². The highest BCUT2D eigenvalue weighted by Crippen LogP contribution is 2.31. The van der Waals surface area contributed by atoms with E-state index < -0.39 is 17.5 Å². The molecule has 2 heterocycles. The van der Waals surface area contributed by atoms with Gasteiger partial charge in [-0.05, 0) is 69.4 Å². The maximum Gasteiger partial charge on any atom is 0.410 e. The van der Waals surface area contributed by atoms with Gasteiger partial charge in [0.25, 0.3) is 0 Å². The van der Waals surface area contributed by atoms with Gasteiger partial charge in [-0.2, -0.15) is 0 Å². The van der Waals surface area contributed by atoms with Crippen molar-refractivity contribution < 1.29 is 24.2 Å². The lowest BCUT2D eigenvalue weighted by Gasteiger charge is -2.25. The van der Waals surface area contributed by atoms with Crippen LogP contribution in [-0.4, -0.2) is 54.0 Å². The van der Waals surface area contributed by atoms with Crippen LogP contribution in [0.25, 0.3) is 0 Å². The molecular weight excluding hydrogens is 370 g/mol. The quantitative estimate of drug-likeness (QED) is 0.802. The third-order valence-electron chi connectivity index (χ3n) is 5.86. The van der Waals surface area contributed by atoms with Gasteiger partial charge in [-0.1, -0.05) is 24.3 Å². The van der Waals surface area contributed by atoms with E-state index >= 15 is 0 Å². The minimum Gasteiger partial charge on any atom is -0.481 e. The van der Waals surface area contributed by atoms with Crippen LogP contribution < -0.4 is 0 Å². The highest BCUT2D eigenvalue weighted by molar-refractivity contribution is 5.72. The Balaban J connectivity index is 1.65. The molecule has 6 heteroatoms. The van der Waals surface area contributed by atoms with Crippen molar-refractivity contribution >= 4 is 12.1 Å². The molecule has 1 aromatic rings. The van der Waals surface area contributed by atoms with E-state index in [9.17, 15) is 14.7 Å². The van der Waals surface area contributed by atoms with Crippen molar-refractivity contribution in [2.45, 2.75) is 58.0 Å². The summed E-state index contributed by atoms with van der Waals surface area (Å²) in [7, 11) is 0. The second-order valence-corrected chi connectivity index (χ2v) is 9.26. The van der Waals surface area contributed by atoms with Crippen LogP contribution in [0.3, 0.4) is 0 Å². The average molecular weight is 404 g/mol. The van der Waals surface area contributed by atoms with Crippen molar-refractivity contribution in [1.29, 1.82) is 0 Å². The molecular formula is C23H33NO5. The van der Waals surface area contributed by atoms with Crippen LogP contribution in [0.15, 0.2) is 24.3 Å². The predicted octanol–water partition coefficient (Wildman–Crippen LogP) is 4.08. The molecule has 0 aromatic heterocycles. The lowest BCUT2D eigenvalue weighted by Crippen LogP contribution is -2.36. The Kier molecular flexibility index (Phi) is 6.83. The summed E-state index contributed by atoms with van der Waals surface area (Å²) in [6.45, 7) is 8.07. The SMILES string of the molecule is CC(C)(C)OC(=O)N1CC[C@H]([C@H](Cc2cccc(C3CCOCC3)c2)C(=O)O)C1. The number of amides is 1. The molecule has 2 aliphatic rings. The lowest BCUT2D eigenvalue weighted by atomic mass is 9.84. The summed E-state index contributed by atoms with van der Waals surface area (Å²) in [5.74, 6) is -0.877. The molecule has 3 rings (SSSR count). The highest BCUT2D eigenvalue weighted by atomic mass is 16.6. The summed E-state index contributed by atoms with van der Waals surface area (Å²) in [5.41, 5.74) is 1.78. The van der Waals surface area contributed by atoms with Gasteiger partial charge in [-0.25, -0.2) is 4.79 Å². The third kappa shape index (κ3) is 5.95. The third-order valence-corrected chi connectivity index (χ3v) is 5.86. The fraction of sp³-hybridized carbons (Fsp3) is 0.652. The number of carboxylic acids is 1. The van der Waals surface area contributed by atoms with Crippen molar-refractivity contribution in [2.75, 3.05) is 26.3 Å². The monoisotopic (exact) mass is 403 g/mol. The van der Waals surface area contributed by atoms with E-state index in [2.05, 4.69) is 12.1 Å². The van der Waals surface area contributed by atoms with Gasteiger partial charge in [0, 0.05) is 26.3 Å². The largest absolute Gasteiger partial charge is 0.481 e. The summed E-state index contributed by atoms with van der Waals surface area (Å²) in [6.07, 6.45) is 2.85. The van der Waals surface area contributed by atoms with Crippen LogP contribution in [0, 0.1) is 11.8 Å². The number of likely N-dealkylation sites (tertiary alicyclic amines) is 1. The molecule has 0 saturated carbocycles. The van der Waals surface area contributed by atoms with Crippen molar-refractivity contribution in [1.82, 2.24) is 4.90 Å². The van der Waals surface area contributed by atoms with E-state index in [1.165, 1.54) is 5.56 Å². The molecule has 0 radical (unpaired) electrons. The zero-order valence-electron chi connectivity index (χ0n) is 17.7. The zero-order chi connectivity index (χ0) is 21.0. The number of nitrogens with zero attached hydrogens (tertiary/aromatic N) is 1. The van der Waals surface area contributed by atoms with Crippen LogP contribution >= 0.6 is 0 Å². The molecule has 2 atom stereocenters. The van der Waals surface area contributed by atoms with Gasteiger partial charge in [-0.15, -0.1) is 0 Å². The van der Waals surface area contributed by atoms with E-state index in [-0.39, 0.29) is 12.0 Å². The molecule has 160 valence electrons. The summed E-state index contributed by atoms with van der Waals surface area (Å²) in [6, 6.07) is 8.33. The lowest BCUT2D eigenvalue weighted by molar-refractivity contribution is -0.143. The van der Waals surface area contributed by atoms with Crippen LogP contribution in [0.2, 0.25) is 0 Å². The number of ether oxygens (including phenoxy) is 2. The molecule has 0 unspecified atom stereocenters. The van der Waals surface area contributed by atoms with E-state index in [0.717, 1.165) is 31.6 Å². The van der Waals surface area contributed by atoms with E-state index in [1.54, 1.807) is 4.90 Å². The molecule has 2 saturated heterocycles.